The number of phenolic OH excluding ortho intramolecular Hbond substituents is 1. The van der Waals surface area contributed by atoms with Crippen molar-refractivity contribution in [3.05, 3.63) is 23.8 Å². The first-order valence-corrected chi connectivity index (χ1v) is 5.45. The number of rotatable bonds is 2. The first-order valence-electron chi connectivity index (χ1n) is 5.45. The zero-order chi connectivity index (χ0) is 10.8. The minimum atomic E-state index is -0.224. The van der Waals surface area contributed by atoms with Crippen molar-refractivity contribution in [3.63, 3.8) is 0 Å². The summed E-state index contributed by atoms with van der Waals surface area (Å²) in [5.41, 5.74) is 1.97. The van der Waals surface area contributed by atoms with Crippen LogP contribution in [0.5, 0.6) is 5.75 Å². The van der Waals surface area contributed by atoms with Gasteiger partial charge in [0.1, 0.15) is 5.75 Å². The number of phenols is 1. The van der Waals surface area contributed by atoms with Gasteiger partial charge in [-0.05, 0) is 24.5 Å². The molecule has 1 fully saturated rings. The molecule has 3 heteroatoms. The van der Waals surface area contributed by atoms with Crippen molar-refractivity contribution in [2.75, 3.05) is 18.0 Å². The van der Waals surface area contributed by atoms with Crippen LogP contribution in [0.3, 0.4) is 0 Å². The summed E-state index contributed by atoms with van der Waals surface area (Å²) in [5.74, 6) is 0.358. The number of nitrogens with zero attached hydrogens (tertiary/aromatic N) is 1. The largest absolute Gasteiger partial charge is 0.508 e. The van der Waals surface area contributed by atoms with Crippen LogP contribution < -0.4 is 4.90 Å². The minimum absolute atomic E-state index is 0.224. The molecule has 0 aromatic heterocycles. The molecule has 1 heterocycles. The predicted molar refractivity (Wildman–Crippen MR) is 60.3 cm³/mol. The van der Waals surface area contributed by atoms with E-state index in [1.807, 2.05) is 19.1 Å². The van der Waals surface area contributed by atoms with Gasteiger partial charge in [-0.1, -0.05) is 13.0 Å². The summed E-state index contributed by atoms with van der Waals surface area (Å²) in [6, 6.07) is 5.75. The molecule has 1 aromatic carbocycles. The highest BCUT2D eigenvalue weighted by Crippen LogP contribution is 2.27. The molecule has 1 unspecified atom stereocenters. The Balaban J connectivity index is 2.19. The number of aliphatic hydroxyl groups is 1. The number of anilines is 1. The van der Waals surface area contributed by atoms with Crippen LogP contribution in [0, 0.1) is 0 Å². The summed E-state index contributed by atoms with van der Waals surface area (Å²) in [6.45, 7) is 3.56. The van der Waals surface area contributed by atoms with Gasteiger partial charge in [0, 0.05) is 24.8 Å². The lowest BCUT2D eigenvalue weighted by molar-refractivity contribution is 0.198. The topological polar surface area (TPSA) is 43.7 Å². The highest BCUT2D eigenvalue weighted by atomic mass is 16.3. The Morgan fingerprint density at radius 3 is 2.80 bits per heavy atom. The maximum absolute atomic E-state index is 9.73. The number of benzene rings is 1. The van der Waals surface area contributed by atoms with Crippen LogP contribution in [-0.4, -0.2) is 29.4 Å². The van der Waals surface area contributed by atoms with E-state index in [9.17, 15) is 10.2 Å². The second-order valence-electron chi connectivity index (χ2n) is 4.06. The van der Waals surface area contributed by atoms with Crippen LogP contribution in [0.1, 0.15) is 18.9 Å². The van der Waals surface area contributed by atoms with Crippen molar-refractivity contribution in [2.45, 2.75) is 25.9 Å². The van der Waals surface area contributed by atoms with Gasteiger partial charge in [0.25, 0.3) is 0 Å². The van der Waals surface area contributed by atoms with Gasteiger partial charge in [-0.15, -0.1) is 0 Å². The van der Waals surface area contributed by atoms with Crippen molar-refractivity contribution in [1.82, 2.24) is 0 Å². The maximum atomic E-state index is 9.73. The predicted octanol–water partition coefficient (Wildman–Crippen LogP) is 1.53. The Bertz CT molecular complexity index is 351. The Morgan fingerprint density at radius 2 is 2.27 bits per heavy atom. The molecule has 0 bridgehead atoms. The Morgan fingerprint density at radius 1 is 1.47 bits per heavy atom. The van der Waals surface area contributed by atoms with Gasteiger partial charge in [0.05, 0.1) is 6.10 Å². The molecule has 0 aliphatic carbocycles. The van der Waals surface area contributed by atoms with Crippen LogP contribution in [0.15, 0.2) is 18.2 Å². The van der Waals surface area contributed by atoms with Gasteiger partial charge in [0.2, 0.25) is 0 Å². The molecule has 1 aliphatic rings. The van der Waals surface area contributed by atoms with Crippen LogP contribution in [0.2, 0.25) is 0 Å². The van der Waals surface area contributed by atoms with Crippen molar-refractivity contribution in [3.8, 4) is 5.75 Å². The first-order chi connectivity index (χ1) is 7.20. The number of hydrogen-bond donors (Lipinski definition) is 2. The fourth-order valence-corrected chi connectivity index (χ4v) is 2.02. The molecular formula is C12H17NO2. The molecule has 0 amide bonds. The van der Waals surface area contributed by atoms with Gasteiger partial charge in [0.15, 0.2) is 0 Å². The van der Waals surface area contributed by atoms with E-state index in [0.29, 0.717) is 12.3 Å². The SMILES string of the molecule is CCc1ccc(N2CCC(O)C2)cc1O. The quantitative estimate of drug-likeness (QED) is 0.773. The molecule has 1 saturated heterocycles. The van der Waals surface area contributed by atoms with E-state index in [-0.39, 0.29) is 6.10 Å². The number of β-amino-alcohol motifs (C(OH)–C–C–N with tert-alkyl or cyclic N) is 1. The number of aryl methyl sites for hydroxylation is 1. The average molecular weight is 207 g/mol. The molecule has 1 aromatic rings. The van der Waals surface area contributed by atoms with Crippen LogP contribution >= 0.6 is 0 Å². The second kappa shape index (κ2) is 4.11. The van der Waals surface area contributed by atoms with E-state index in [0.717, 1.165) is 30.6 Å². The summed E-state index contributed by atoms with van der Waals surface area (Å²) < 4.78 is 0. The van der Waals surface area contributed by atoms with E-state index >= 15 is 0 Å². The summed E-state index contributed by atoms with van der Waals surface area (Å²) in [4.78, 5) is 2.10. The maximum Gasteiger partial charge on any atom is 0.120 e. The summed E-state index contributed by atoms with van der Waals surface area (Å²) >= 11 is 0. The van der Waals surface area contributed by atoms with Gasteiger partial charge < -0.3 is 15.1 Å². The van der Waals surface area contributed by atoms with Crippen LogP contribution in [0.25, 0.3) is 0 Å². The minimum Gasteiger partial charge on any atom is -0.508 e. The number of hydrogen-bond acceptors (Lipinski definition) is 3. The van der Waals surface area contributed by atoms with Gasteiger partial charge >= 0.3 is 0 Å². The standard InChI is InChI=1S/C12H17NO2/c1-2-9-3-4-10(7-12(9)15)13-6-5-11(14)8-13/h3-4,7,11,14-15H,2,5-6,8H2,1H3. The molecule has 2 N–H and O–H groups in total. The third kappa shape index (κ3) is 2.07. The van der Waals surface area contributed by atoms with Crippen molar-refractivity contribution in [1.29, 1.82) is 0 Å². The third-order valence-electron chi connectivity index (χ3n) is 2.98. The van der Waals surface area contributed by atoms with Crippen molar-refractivity contribution < 1.29 is 10.2 Å². The van der Waals surface area contributed by atoms with Crippen LogP contribution in [-0.2, 0) is 6.42 Å². The Kier molecular flexibility index (Phi) is 2.82. The van der Waals surface area contributed by atoms with E-state index < -0.39 is 0 Å². The lowest BCUT2D eigenvalue weighted by atomic mass is 10.1. The summed E-state index contributed by atoms with van der Waals surface area (Å²) in [6.07, 6.45) is 1.43. The van der Waals surface area contributed by atoms with Gasteiger partial charge in [-0.2, -0.15) is 0 Å². The van der Waals surface area contributed by atoms with Crippen molar-refractivity contribution in [2.24, 2.45) is 0 Å². The van der Waals surface area contributed by atoms with E-state index in [2.05, 4.69) is 4.90 Å². The summed E-state index contributed by atoms with van der Waals surface area (Å²) in [7, 11) is 0. The monoisotopic (exact) mass is 207 g/mol. The normalized spacial score (nSPS) is 20.9. The molecule has 0 spiro atoms. The molecule has 1 atom stereocenters. The molecule has 1 aliphatic heterocycles. The van der Waals surface area contributed by atoms with E-state index in [1.54, 1.807) is 6.07 Å². The zero-order valence-corrected chi connectivity index (χ0v) is 8.98. The van der Waals surface area contributed by atoms with E-state index in [1.165, 1.54) is 0 Å². The second-order valence-corrected chi connectivity index (χ2v) is 4.06. The average Bonchev–Trinajstić information content (AvgIpc) is 2.65. The Labute approximate surface area is 90.0 Å². The molecular weight excluding hydrogens is 190 g/mol. The smallest absolute Gasteiger partial charge is 0.120 e. The van der Waals surface area contributed by atoms with Gasteiger partial charge in [-0.3, -0.25) is 0 Å². The number of aromatic hydroxyl groups is 1. The zero-order valence-electron chi connectivity index (χ0n) is 8.98. The highest BCUT2D eigenvalue weighted by Gasteiger charge is 2.20. The van der Waals surface area contributed by atoms with Crippen molar-refractivity contribution >= 4 is 5.69 Å². The fourth-order valence-electron chi connectivity index (χ4n) is 2.02. The molecule has 15 heavy (non-hydrogen) atoms. The highest BCUT2D eigenvalue weighted by molar-refractivity contribution is 5.54. The van der Waals surface area contributed by atoms with Gasteiger partial charge in [-0.25, -0.2) is 0 Å². The van der Waals surface area contributed by atoms with E-state index in [4.69, 9.17) is 0 Å². The third-order valence-corrected chi connectivity index (χ3v) is 2.98. The van der Waals surface area contributed by atoms with Crippen LogP contribution in [0.4, 0.5) is 5.69 Å². The molecule has 2 rings (SSSR count). The molecule has 82 valence electrons. The first kappa shape index (κ1) is 10.3. The molecule has 0 saturated carbocycles. The molecule has 3 nitrogen and oxygen atoms in total. The lowest BCUT2D eigenvalue weighted by Crippen LogP contribution is -2.20. The lowest BCUT2D eigenvalue weighted by Gasteiger charge is -2.18. The fraction of sp³-hybridized carbons (Fsp3) is 0.500. The summed E-state index contributed by atoms with van der Waals surface area (Å²) in [5, 5.41) is 19.2. The Hall–Kier alpha value is -1.22. The molecule has 0 radical (unpaired) electrons. The number of aliphatic hydroxyl groups excluding tert-OH is 1.